The van der Waals surface area contributed by atoms with Crippen LogP contribution >= 0.6 is 0 Å². The number of ether oxygens (including phenoxy) is 1. The van der Waals surface area contributed by atoms with Gasteiger partial charge in [0.05, 0.1) is 13.5 Å². The van der Waals surface area contributed by atoms with Gasteiger partial charge in [-0.05, 0) is 44.6 Å². The van der Waals surface area contributed by atoms with Crippen molar-refractivity contribution in [3.63, 3.8) is 0 Å². The van der Waals surface area contributed by atoms with Gasteiger partial charge in [0.15, 0.2) is 0 Å². The number of hydrogen-bond donors (Lipinski definition) is 0. The van der Waals surface area contributed by atoms with E-state index in [2.05, 4.69) is 34.7 Å². The molecular formula is C21H30N4O2. The summed E-state index contributed by atoms with van der Waals surface area (Å²) in [5.74, 6) is 2.39. The zero-order chi connectivity index (χ0) is 19.2. The normalized spacial score (nSPS) is 17.3. The highest BCUT2D eigenvalue weighted by Crippen LogP contribution is 2.26. The fourth-order valence-electron chi connectivity index (χ4n) is 3.66. The van der Waals surface area contributed by atoms with Crippen molar-refractivity contribution in [3.05, 3.63) is 48.0 Å². The number of methoxy groups -OCH3 is 1. The summed E-state index contributed by atoms with van der Waals surface area (Å²) in [6, 6.07) is 7.75. The van der Waals surface area contributed by atoms with Gasteiger partial charge in [0.25, 0.3) is 0 Å². The number of hydrogen-bond acceptors (Lipinski definition) is 4. The molecule has 1 saturated heterocycles. The number of aromatic nitrogens is 2. The van der Waals surface area contributed by atoms with Gasteiger partial charge < -0.3 is 19.1 Å². The maximum atomic E-state index is 12.8. The van der Waals surface area contributed by atoms with Crippen LogP contribution in [0.15, 0.2) is 36.7 Å². The van der Waals surface area contributed by atoms with Crippen molar-refractivity contribution in [2.45, 2.75) is 31.7 Å². The number of carbonyl (C=O) groups excluding carboxylic acids is 1. The summed E-state index contributed by atoms with van der Waals surface area (Å²) in [4.78, 5) is 21.6. The lowest BCUT2D eigenvalue weighted by molar-refractivity contribution is -0.131. The van der Waals surface area contributed by atoms with E-state index in [1.54, 1.807) is 7.11 Å². The smallest absolute Gasteiger partial charge is 0.227 e. The Hall–Kier alpha value is -2.34. The van der Waals surface area contributed by atoms with Gasteiger partial charge in [0, 0.05) is 44.5 Å². The minimum atomic E-state index is 0.180. The topological polar surface area (TPSA) is 50.6 Å². The molecule has 0 radical (unpaired) electrons. The second kappa shape index (κ2) is 9.04. The number of nitrogens with zero attached hydrogens (tertiary/aromatic N) is 4. The first kappa shape index (κ1) is 19.4. The van der Waals surface area contributed by atoms with Gasteiger partial charge in [-0.25, -0.2) is 4.98 Å². The zero-order valence-electron chi connectivity index (χ0n) is 16.6. The molecule has 146 valence electrons. The third kappa shape index (κ3) is 5.10. The Morgan fingerprint density at radius 2 is 2.22 bits per heavy atom. The molecule has 1 aromatic heterocycles. The first-order valence-electron chi connectivity index (χ1n) is 9.63. The Morgan fingerprint density at radius 3 is 3.00 bits per heavy atom. The second-order valence-corrected chi connectivity index (χ2v) is 7.49. The molecule has 6 heteroatoms. The van der Waals surface area contributed by atoms with Crippen LogP contribution in [-0.4, -0.2) is 66.1 Å². The van der Waals surface area contributed by atoms with Gasteiger partial charge >= 0.3 is 0 Å². The average molecular weight is 370 g/mol. The Bertz CT molecular complexity index is 756. The third-order valence-corrected chi connectivity index (χ3v) is 5.16. The molecule has 1 aliphatic rings. The molecule has 1 amide bonds. The van der Waals surface area contributed by atoms with Crippen LogP contribution in [0.25, 0.3) is 0 Å². The van der Waals surface area contributed by atoms with E-state index in [1.165, 1.54) is 0 Å². The summed E-state index contributed by atoms with van der Waals surface area (Å²) in [5, 5.41) is 0. The minimum absolute atomic E-state index is 0.180. The molecule has 1 atom stereocenters. The van der Waals surface area contributed by atoms with Gasteiger partial charge in [-0.1, -0.05) is 12.1 Å². The van der Waals surface area contributed by atoms with Gasteiger partial charge in [-0.15, -0.1) is 0 Å². The predicted octanol–water partition coefficient (Wildman–Crippen LogP) is 2.40. The minimum Gasteiger partial charge on any atom is -0.497 e. The lowest BCUT2D eigenvalue weighted by Gasteiger charge is -2.33. The van der Waals surface area contributed by atoms with Crippen molar-refractivity contribution in [2.24, 2.45) is 0 Å². The lowest BCUT2D eigenvalue weighted by Crippen LogP contribution is -2.40. The van der Waals surface area contributed by atoms with Crippen LogP contribution in [0.2, 0.25) is 0 Å². The molecular weight excluding hydrogens is 340 g/mol. The average Bonchev–Trinajstić information content (AvgIpc) is 3.15. The van der Waals surface area contributed by atoms with Crippen LogP contribution in [0.5, 0.6) is 5.75 Å². The van der Waals surface area contributed by atoms with Gasteiger partial charge in [0.1, 0.15) is 11.6 Å². The number of likely N-dealkylation sites (tertiary alicyclic amines) is 1. The summed E-state index contributed by atoms with van der Waals surface area (Å²) in [6.07, 6.45) is 6.45. The van der Waals surface area contributed by atoms with Crippen molar-refractivity contribution >= 4 is 5.91 Å². The van der Waals surface area contributed by atoms with Crippen molar-refractivity contribution in [1.29, 1.82) is 0 Å². The number of imidazole rings is 1. The molecule has 0 N–H and O–H groups in total. The van der Waals surface area contributed by atoms with E-state index in [-0.39, 0.29) is 5.91 Å². The highest BCUT2D eigenvalue weighted by molar-refractivity contribution is 5.79. The quantitative estimate of drug-likeness (QED) is 0.751. The number of piperidine rings is 1. The van der Waals surface area contributed by atoms with Crippen molar-refractivity contribution < 1.29 is 9.53 Å². The van der Waals surface area contributed by atoms with Crippen molar-refractivity contribution in [3.8, 4) is 5.75 Å². The first-order valence-corrected chi connectivity index (χ1v) is 9.63. The summed E-state index contributed by atoms with van der Waals surface area (Å²) in [5.41, 5.74) is 0.994. The number of rotatable bonds is 7. The third-order valence-electron chi connectivity index (χ3n) is 5.16. The van der Waals surface area contributed by atoms with Crippen LogP contribution in [0.3, 0.4) is 0 Å². The van der Waals surface area contributed by atoms with E-state index in [4.69, 9.17) is 4.74 Å². The maximum absolute atomic E-state index is 12.8. The fourth-order valence-corrected chi connectivity index (χ4v) is 3.66. The molecule has 1 fully saturated rings. The number of likely N-dealkylation sites (N-methyl/N-ethyl adjacent to an activating group) is 1. The Kier molecular flexibility index (Phi) is 6.50. The molecule has 1 aliphatic heterocycles. The van der Waals surface area contributed by atoms with E-state index < -0.39 is 0 Å². The summed E-state index contributed by atoms with van der Waals surface area (Å²) >= 11 is 0. The summed E-state index contributed by atoms with van der Waals surface area (Å²) in [7, 11) is 5.81. The molecule has 0 unspecified atom stereocenters. The number of benzene rings is 1. The molecule has 27 heavy (non-hydrogen) atoms. The van der Waals surface area contributed by atoms with Crippen LogP contribution in [0.1, 0.15) is 30.1 Å². The fraction of sp³-hybridized carbons (Fsp3) is 0.524. The van der Waals surface area contributed by atoms with Crippen LogP contribution in [-0.2, 0) is 17.8 Å². The zero-order valence-corrected chi connectivity index (χ0v) is 16.6. The van der Waals surface area contributed by atoms with Crippen LogP contribution in [0.4, 0.5) is 0 Å². The molecule has 2 heterocycles. The monoisotopic (exact) mass is 370 g/mol. The maximum Gasteiger partial charge on any atom is 0.227 e. The summed E-state index contributed by atoms with van der Waals surface area (Å²) in [6.45, 7) is 3.49. The second-order valence-electron chi connectivity index (χ2n) is 7.49. The van der Waals surface area contributed by atoms with Crippen LogP contribution in [0, 0.1) is 0 Å². The van der Waals surface area contributed by atoms with Crippen molar-refractivity contribution in [1.82, 2.24) is 19.4 Å². The highest BCUT2D eigenvalue weighted by atomic mass is 16.5. The lowest BCUT2D eigenvalue weighted by atomic mass is 9.96. The van der Waals surface area contributed by atoms with Gasteiger partial charge in [-0.2, -0.15) is 0 Å². The standard InChI is InChI=1S/C21H30N4O2/c1-23(2)12-13-24-11-9-22-21(24)18-7-5-10-25(16-18)20(26)15-17-6-4-8-19(14-17)27-3/h4,6,8-9,11,14,18H,5,7,10,12-13,15-16H2,1-3H3/t18-/m0/s1. The van der Waals surface area contributed by atoms with E-state index in [1.807, 2.05) is 35.4 Å². The Labute approximate surface area is 161 Å². The Balaban J connectivity index is 1.64. The number of carbonyl (C=O) groups is 1. The van der Waals surface area contributed by atoms with Gasteiger partial charge in [-0.3, -0.25) is 4.79 Å². The van der Waals surface area contributed by atoms with E-state index >= 15 is 0 Å². The van der Waals surface area contributed by atoms with E-state index in [0.717, 1.165) is 56.2 Å². The molecule has 0 bridgehead atoms. The van der Waals surface area contributed by atoms with E-state index in [9.17, 15) is 4.79 Å². The molecule has 2 aromatic rings. The van der Waals surface area contributed by atoms with Gasteiger partial charge in [0.2, 0.25) is 5.91 Å². The largest absolute Gasteiger partial charge is 0.497 e. The van der Waals surface area contributed by atoms with Crippen LogP contribution < -0.4 is 4.74 Å². The highest BCUT2D eigenvalue weighted by Gasteiger charge is 2.27. The molecule has 0 saturated carbocycles. The number of amides is 1. The summed E-state index contributed by atoms with van der Waals surface area (Å²) < 4.78 is 7.50. The van der Waals surface area contributed by atoms with E-state index in [0.29, 0.717) is 12.3 Å². The SMILES string of the molecule is COc1cccc(CC(=O)N2CCC[C@H](c3nccn3CCN(C)C)C2)c1. The molecule has 0 aliphatic carbocycles. The molecule has 0 spiro atoms. The molecule has 3 rings (SSSR count). The Morgan fingerprint density at radius 1 is 1.37 bits per heavy atom. The molecule has 1 aromatic carbocycles. The molecule has 6 nitrogen and oxygen atoms in total. The van der Waals surface area contributed by atoms with Crippen molar-refractivity contribution in [2.75, 3.05) is 40.8 Å². The first-order chi connectivity index (χ1) is 13.1. The predicted molar refractivity (Wildman–Crippen MR) is 106 cm³/mol.